The van der Waals surface area contributed by atoms with Crippen LogP contribution in [0.25, 0.3) is 6.08 Å². The molecule has 0 saturated heterocycles. The Kier molecular flexibility index (Phi) is 4.51. The summed E-state index contributed by atoms with van der Waals surface area (Å²) in [7, 11) is 0. The van der Waals surface area contributed by atoms with Crippen molar-refractivity contribution in [3.05, 3.63) is 83.4 Å². The molecule has 0 saturated carbocycles. The smallest absolute Gasteiger partial charge is 0.189 e. The molecule has 2 nitrogen and oxygen atoms in total. The summed E-state index contributed by atoms with van der Waals surface area (Å²) in [5.41, 5.74) is 2.38. The molecule has 0 amide bonds. The van der Waals surface area contributed by atoms with E-state index in [0.29, 0.717) is 5.56 Å². The van der Waals surface area contributed by atoms with Crippen molar-refractivity contribution >= 4 is 11.9 Å². The lowest BCUT2D eigenvalue weighted by molar-refractivity contribution is 0.104. The second kappa shape index (κ2) is 6.53. The molecule has 0 radical (unpaired) electrons. The molecular formula is C18H16O2. The summed E-state index contributed by atoms with van der Waals surface area (Å²) in [5.74, 6) is -0.198. The van der Waals surface area contributed by atoms with Gasteiger partial charge in [-0.15, -0.1) is 0 Å². The second-order valence-corrected chi connectivity index (χ2v) is 4.51. The van der Waals surface area contributed by atoms with Gasteiger partial charge in [0.05, 0.1) is 5.56 Å². The van der Waals surface area contributed by atoms with Crippen molar-refractivity contribution in [2.24, 2.45) is 0 Å². The number of benzene rings is 2. The number of rotatable bonds is 4. The number of carbonyl (C=O) groups is 1. The third kappa shape index (κ3) is 3.69. The molecule has 2 heteroatoms. The Bertz CT molecular complexity index is 652. The van der Waals surface area contributed by atoms with Crippen LogP contribution in [0.3, 0.4) is 0 Å². The van der Waals surface area contributed by atoms with Gasteiger partial charge in [0.25, 0.3) is 0 Å². The first-order valence-corrected chi connectivity index (χ1v) is 6.40. The molecule has 0 aromatic heterocycles. The average Bonchev–Trinajstić information content (AvgIpc) is 2.46. The maximum atomic E-state index is 11.9. The number of allylic oxidation sites excluding steroid dienone is 3. The molecule has 20 heavy (non-hydrogen) atoms. The van der Waals surface area contributed by atoms with Gasteiger partial charge in [-0.2, -0.15) is 0 Å². The van der Waals surface area contributed by atoms with Crippen molar-refractivity contribution in [1.82, 2.24) is 0 Å². The molecular weight excluding hydrogens is 248 g/mol. The number of phenols is 1. The van der Waals surface area contributed by atoms with Gasteiger partial charge in [-0.25, -0.2) is 0 Å². The van der Waals surface area contributed by atoms with Crippen LogP contribution < -0.4 is 0 Å². The molecule has 100 valence electrons. The van der Waals surface area contributed by atoms with Gasteiger partial charge in [-0.1, -0.05) is 60.2 Å². The standard InChI is InChI=1S/C18H16O2/c1-14(13-15-7-3-2-4-8-15)11-12-18(20)16-9-5-6-10-17(16)19/h2-13,19H,1H3/b12-11+,14-13+. The molecule has 0 heterocycles. The zero-order valence-electron chi connectivity index (χ0n) is 11.3. The summed E-state index contributed by atoms with van der Waals surface area (Å²) in [5, 5.41) is 9.61. The highest BCUT2D eigenvalue weighted by Crippen LogP contribution is 2.17. The lowest BCUT2D eigenvalue weighted by Crippen LogP contribution is -1.94. The van der Waals surface area contributed by atoms with Crippen molar-refractivity contribution in [2.75, 3.05) is 0 Å². The van der Waals surface area contributed by atoms with Gasteiger partial charge in [0.1, 0.15) is 5.75 Å². The van der Waals surface area contributed by atoms with Crippen LogP contribution in [-0.4, -0.2) is 10.9 Å². The van der Waals surface area contributed by atoms with Gasteiger partial charge in [-0.05, 0) is 30.7 Å². The topological polar surface area (TPSA) is 37.3 Å². The van der Waals surface area contributed by atoms with Crippen molar-refractivity contribution in [3.8, 4) is 5.75 Å². The van der Waals surface area contributed by atoms with Crippen LogP contribution in [0.1, 0.15) is 22.8 Å². The van der Waals surface area contributed by atoms with E-state index in [-0.39, 0.29) is 11.5 Å². The van der Waals surface area contributed by atoms with Crippen molar-refractivity contribution in [2.45, 2.75) is 6.92 Å². The van der Waals surface area contributed by atoms with E-state index < -0.39 is 0 Å². The number of hydrogen-bond donors (Lipinski definition) is 1. The Morgan fingerprint density at radius 3 is 2.30 bits per heavy atom. The SMILES string of the molecule is CC(/C=C/C(=O)c1ccccc1O)=C\c1ccccc1. The van der Waals surface area contributed by atoms with E-state index in [1.54, 1.807) is 24.3 Å². The number of carbonyl (C=O) groups excluding carboxylic acids is 1. The van der Waals surface area contributed by atoms with E-state index in [9.17, 15) is 9.90 Å². The maximum absolute atomic E-state index is 11.9. The number of aromatic hydroxyl groups is 1. The highest BCUT2D eigenvalue weighted by atomic mass is 16.3. The van der Waals surface area contributed by atoms with E-state index in [4.69, 9.17) is 0 Å². The molecule has 2 aromatic carbocycles. The van der Waals surface area contributed by atoms with Crippen LogP contribution in [0.2, 0.25) is 0 Å². The Morgan fingerprint density at radius 1 is 0.950 bits per heavy atom. The van der Waals surface area contributed by atoms with Gasteiger partial charge in [-0.3, -0.25) is 4.79 Å². The zero-order chi connectivity index (χ0) is 14.4. The third-order valence-electron chi connectivity index (χ3n) is 2.86. The van der Waals surface area contributed by atoms with Gasteiger partial charge < -0.3 is 5.11 Å². The van der Waals surface area contributed by atoms with E-state index in [1.807, 2.05) is 43.3 Å². The molecule has 0 bridgehead atoms. The van der Waals surface area contributed by atoms with Crippen molar-refractivity contribution < 1.29 is 9.90 Å². The van der Waals surface area contributed by atoms with Crippen LogP contribution in [0.4, 0.5) is 0 Å². The first-order chi connectivity index (χ1) is 9.66. The fourth-order valence-corrected chi connectivity index (χ4v) is 1.84. The highest BCUT2D eigenvalue weighted by molar-refractivity contribution is 6.06. The number of hydrogen-bond acceptors (Lipinski definition) is 2. The molecule has 0 fully saturated rings. The summed E-state index contributed by atoms with van der Waals surface area (Å²) >= 11 is 0. The van der Waals surface area contributed by atoms with E-state index in [0.717, 1.165) is 11.1 Å². The van der Waals surface area contributed by atoms with E-state index in [1.165, 1.54) is 12.1 Å². The molecule has 0 unspecified atom stereocenters. The van der Waals surface area contributed by atoms with Gasteiger partial charge in [0.2, 0.25) is 0 Å². The van der Waals surface area contributed by atoms with Crippen LogP contribution in [0.15, 0.2) is 72.3 Å². The normalized spacial score (nSPS) is 11.8. The number of para-hydroxylation sites is 1. The predicted molar refractivity (Wildman–Crippen MR) is 81.7 cm³/mol. The average molecular weight is 264 g/mol. The van der Waals surface area contributed by atoms with Crippen LogP contribution in [0, 0.1) is 0 Å². The number of ketones is 1. The van der Waals surface area contributed by atoms with E-state index >= 15 is 0 Å². The van der Waals surface area contributed by atoms with Crippen LogP contribution >= 0.6 is 0 Å². The van der Waals surface area contributed by atoms with Crippen LogP contribution in [-0.2, 0) is 0 Å². The van der Waals surface area contributed by atoms with Gasteiger partial charge >= 0.3 is 0 Å². The largest absolute Gasteiger partial charge is 0.507 e. The van der Waals surface area contributed by atoms with Crippen LogP contribution in [0.5, 0.6) is 5.75 Å². The zero-order valence-corrected chi connectivity index (χ0v) is 11.3. The van der Waals surface area contributed by atoms with Crippen molar-refractivity contribution in [3.63, 3.8) is 0 Å². The summed E-state index contributed by atoms with van der Waals surface area (Å²) < 4.78 is 0. The Hall–Kier alpha value is -2.61. The molecule has 0 aliphatic heterocycles. The Morgan fingerprint density at radius 2 is 1.60 bits per heavy atom. The first-order valence-electron chi connectivity index (χ1n) is 6.40. The Balaban J connectivity index is 2.12. The van der Waals surface area contributed by atoms with Gasteiger partial charge in [0.15, 0.2) is 5.78 Å². The quantitative estimate of drug-likeness (QED) is 0.509. The first kappa shape index (κ1) is 13.8. The third-order valence-corrected chi connectivity index (χ3v) is 2.86. The fourth-order valence-electron chi connectivity index (χ4n) is 1.84. The van der Waals surface area contributed by atoms with Gasteiger partial charge in [0, 0.05) is 0 Å². The lowest BCUT2D eigenvalue weighted by Gasteiger charge is -1.99. The molecule has 0 aliphatic carbocycles. The van der Waals surface area contributed by atoms with Crippen molar-refractivity contribution in [1.29, 1.82) is 0 Å². The maximum Gasteiger partial charge on any atom is 0.189 e. The minimum Gasteiger partial charge on any atom is -0.507 e. The summed E-state index contributed by atoms with van der Waals surface area (Å²) in [6.07, 6.45) is 5.22. The molecule has 0 aliphatic rings. The molecule has 2 rings (SSSR count). The molecule has 0 spiro atoms. The molecule has 1 N–H and O–H groups in total. The fraction of sp³-hybridized carbons (Fsp3) is 0.0556. The minimum atomic E-state index is -0.205. The summed E-state index contributed by atoms with van der Waals surface area (Å²) in [6.45, 7) is 1.93. The summed E-state index contributed by atoms with van der Waals surface area (Å²) in [4.78, 5) is 11.9. The lowest BCUT2D eigenvalue weighted by atomic mass is 10.1. The minimum absolute atomic E-state index is 0.00634. The molecule has 0 atom stereocenters. The second-order valence-electron chi connectivity index (χ2n) is 4.51. The molecule has 2 aromatic rings. The highest BCUT2D eigenvalue weighted by Gasteiger charge is 2.05. The van der Waals surface area contributed by atoms with E-state index in [2.05, 4.69) is 0 Å². The monoisotopic (exact) mass is 264 g/mol. The predicted octanol–water partition coefficient (Wildman–Crippen LogP) is 4.23. The number of phenolic OH excluding ortho intramolecular Hbond substituents is 1. The summed E-state index contributed by atoms with van der Waals surface area (Å²) in [6, 6.07) is 16.4. The Labute approximate surface area is 118 Å².